The van der Waals surface area contributed by atoms with E-state index in [4.69, 9.17) is 10.7 Å². The summed E-state index contributed by atoms with van der Waals surface area (Å²) in [5.74, 6) is 0.168. The molecule has 0 N–H and O–H groups in total. The van der Waals surface area contributed by atoms with Gasteiger partial charge in [0.15, 0.2) is 0 Å². The molecule has 0 aromatic heterocycles. The fraction of sp³-hybridized carbons (Fsp3) is 0.833. The molecule has 1 aliphatic heterocycles. The molecule has 0 amide bonds. The van der Waals surface area contributed by atoms with Gasteiger partial charge in [0, 0.05) is 17.2 Å². The Morgan fingerprint density at radius 2 is 1.82 bits per heavy atom. The van der Waals surface area contributed by atoms with E-state index in [1.807, 2.05) is 6.92 Å². The second-order valence-electron chi connectivity index (χ2n) is 5.40. The van der Waals surface area contributed by atoms with Crippen LogP contribution in [0, 0.1) is 5.92 Å². The minimum atomic E-state index is -3.45. The number of likely N-dealkylation sites (tertiary alicyclic amines) is 1. The summed E-state index contributed by atoms with van der Waals surface area (Å²) in [4.78, 5) is 2.33. The second-order valence-corrected chi connectivity index (χ2v) is 8.24. The van der Waals surface area contributed by atoms with Crippen LogP contribution >= 0.6 is 10.7 Å². The van der Waals surface area contributed by atoms with Gasteiger partial charge in [0.2, 0.25) is 9.05 Å². The first-order valence-electron chi connectivity index (χ1n) is 6.19. The summed E-state index contributed by atoms with van der Waals surface area (Å²) < 4.78 is 23.3. The average Bonchev–Trinajstić information content (AvgIpc) is 2.14. The van der Waals surface area contributed by atoms with Crippen LogP contribution in [0.3, 0.4) is 0 Å². The average molecular weight is 278 g/mol. The predicted octanol–water partition coefficient (Wildman–Crippen LogP) is 2.38. The molecule has 0 spiro atoms. The third kappa shape index (κ3) is 3.04. The third-order valence-corrected chi connectivity index (χ3v) is 6.09. The first-order valence-corrected chi connectivity index (χ1v) is 8.56. The zero-order valence-electron chi connectivity index (χ0n) is 10.4. The number of halogens is 1. The maximum atomic E-state index is 11.7. The van der Waals surface area contributed by atoms with Gasteiger partial charge in [0.1, 0.15) is 0 Å². The fourth-order valence-corrected chi connectivity index (χ4v) is 4.47. The third-order valence-electron chi connectivity index (χ3n) is 4.13. The largest absolute Gasteiger partial charge is 0.303 e. The first kappa shape index (κ1) is 13.4. The normalized spacial score (nSPS) is 31.5. The minimum absolute atomic E-state index is 0.168. The summed E-state index contributed by atoms with van der Waals surface area (Å²) in [6.07, 6.45) is 2.72. The standard InChI is InChI=1S/C12H20ClNO2S/c1-9-6-11(8-14-4-3-5-14)12(7-10(9)2)17(13,15)16/h11-12H,3-8H2,1-2H3. The number of nitrogens with zero attached hydrogens (tertiary/aromatic N) is 1. The summed E-state index contributed by atoms with van der Waals surface area (Å²) in [5.41, 5.74) is 2.53. The van der Waals surface area contributed by atoms with Crippen LogP contribution in [0.2, 0.25) is 0 Å². The van der Waals surface area contributed by atoms with Crippen molar-refractivity contribution in [1.29, 1.82) is 0 Å². The van der Waals surface area contributed by atoms with Gasteiger partial charge in [-0.05, 0) is 52.1 Å². The van der Waals surface area contributed by atoms with E-state index in [1.165, 1.54) is 17.6 Å². The monoisotopic (exact) mass is 277 g/mol. The lowest BCUT2D eigenvalue weighted by atomic mass is 9.84. The SMILES string of the molecule is CC1=C(C)CC(S(=O)(=O)Cl)C(CN2CCC2)C1. The predicted molar refractivity (Wildman–Crippen MR) is 70.7 cm³/mol. The number of hydrogen-bond acceptors (Lipinski definition) is 3. The van der Waals surface area contributed by atoms with Crippen molar-refractivity contribution >= 4 is 19.7 Å². The lowest BCUT2D eigenvalue weighted by Gasteiger charge is -2.38. The highest BCUT2D eigenvalue weighted by atomic mass is 35.7. The van der Waals surface area contributed by atoms with E-state index in [0.29, 0.717) is 6.42 Å². The maximum Gasteiger partial charge on any atom is 0.236 e. The Kier molecular flexibility index (Phi) is 3.86. The van der Waals surface area contributed by atoms with Crippen molar-refractivity contribution in [2.45, 2.75) is 38.4 Å². The highest BCUT2D eigenvalue weighted by Gasteiger charge is 2.37. The van der Waals surface area contributed by atoms with Crippen molar-refractivity contribution in [3.05, 3.63) is 11.1 Å². The Labute approximate surface area is 108 Å². The highest BCUT2D eigenvalue weighted by molar-refractivity contribution is 8.14. The molecule has 0 radical (unpaired) electrons. The molecule has 1 saturated heterocycles. The first-order chi connectivity index (χ1) is 7.88. The van der Waals surface area contributed by atoms with E-state index in [9.17, 15) is 8.42 Å². The Hall–Kier alpha value is -0.0600. The molecule has 0 aromatic carbocycles. The summed E-state index contributed by atoms with van der Waals surface area (Å²) >= 11 is 0. The molecule has 1 aliphatic carbocycles. The van der Waals surface area contributed by atoms with Crippen LogP contribution in [-0.4, -0.2) is 38.2 Å². The minimum Gasteiger partial charge on any atom is -0.303 e. The molecule has 0 aromatic rings. The quantitative estimate of drug-likeness (QED) is 0.587. The zero-order chi connectivity index (χ0) is 12.6. The summed E-state index contributed by atoms with van der Waals surface area (Å²) in [5, 5.41) is -0.395. The van der Waals surface area contributed by atoms with E-state index in [-0.39, 0.29) is 5.92 Å². The van der Waals surface area contributed by atoms with Crippen LogP contribution in [0.25, 0.3) is 0 Å². The van der Waals surface area contributed by atoms with Crippen molar-refractivity contribution in [1.82, 2.24) is 4.90 Å². The molecule has 17 heavy (non-hydrogen) atoms. The van der Waals surface area contributed by atoms with Gasteiger partial charge in [0.05, 0.1) is 5.25 Å². The van der Waals surface area contributed by atoms with E-state index in [1.54, 1.807) is 0 Å². The second kappa shape index (κ2) is 4.90. The molecule has 1 heterocycles. The maximum absolute atomic E-state index is 11.7. The van der Waals surface area contributed by atoms with Crippen LogP contribution in [0.15, 0.2) is 11.1 Å². The molecule has 0 bridgehead atoms. The van der Waals surface area contributed by atoms with Crippen molar-refractivity contribution in [2.24, 2.45) is 5.92 Å². The molecule has 1 fully saturated rings. The van der Waals surface area contributed by atoms with Crippen LogP contribution in [0.5, 0.6) is 0 Å². The number of hydrogen-bond donors (Lipinski definition) is 0. The van der Waals surface area contributed by atoms with Crippen LogP contribution in [-0.2, 0) is 9.05 Å². The van der Waals surface area contributed by atoms with Gasteiger partial charge in [-0.3, -0.25) is 0 Å². The van der Waals surface area contributed by atoms with E-state index < -0.39 is 14.3 Å². The molecule has 3 nitrogen and oxygen atoms in total. The summed E-state index contributed by atoms with van der Waals surface area (Å²) in [6.45, 7) is 7.21. The van der Waals surface area contributed by atoms with Gasteiger partial charge < -0.3 is 4.90 Å². The highest BCUT2D eigenvalue weighted by Crippen LogP contribution is 2.36. The summed E-state index contributed by atoms with van der Waals surface area (Å²) in [6, 6.07) is 0. The lowest BCUT2D eigenvalue weighted by molar-refractivity contribution is 0.147. The van der Waals surface area contributed by atoms with Gasteiger partial charge in [-0.1, -0.05) is 11.1 Å². The molecule has 2 rings (SSSR count). The van der Waals surface area contributed by atoms with Crippen molar-refractivity contribution in [2.75, 3.05) is 19.6 Å². The Balaban J connectivity index is 2.14. The molecular formula is C12H20ClNO2S. The number of rotatable bonds is 3. The molecule has 0 saturated carbocycles. The van der Waals surface area contributed by atoms with E-state index >= 15 is 0 Å². The Morgan fingerprint density at radius 3 is 2.29 bits per heavy atom. The molecule has 2 atom stereocenters. The Morgan fingerprint density at radius 1 is 1.24 bits per heavy atom. The lowest BCUT2D eigenvalue weighted by Crippen LogP contribution is -2.45. The van der Waals surface area contributed by atoms with Gasteiger partial charge in [0.25, 0.3) is 0 Å². The molecular weight excluding hydrogens is 258 g/mol. The van der Waals surface area contributed by atoms with Crippen LogP contribution < -0.4 is 0 Å². The summed E-state index contributed by atoms with van der Waals surface area (Å²) in [7, 11) is 2.15. The van der Waals surface area contributed by atoms with Gasteiger partial charge in [-0.2, -0.15) is 0 Å². The van der Waals surface area contributed by atoms with Gasteiger partial charge in [-0.15, -0.1) is 0 Å². The van der Waals surface area contributed by atoms with Crippen molar-refractivity contribution < 1.29 is 8.42 Å². The number of allylic oxidation sites excluding steroid dienone is 2. The van der Waals surface area contributed by atoms with Crippen LogP contribution in [0.4, 0.5) is 0 Å². The molecule has 5 heteroatoms. The smallest absolute Gasteiger partial charge is 0.236 e. The molecule has 2 aliphatic rings. The molecule has 98 valence electrons. The van der Waals surface area contributed by atoms with E-state index in [0.717, 1.165) is 26.1 Å². The Bertz CT molecular complexity index is 426. The van der Waals surface area contributed by atoms with Gasteiger partial charge >= 0.3 is 0 Å². The van der Waals surface area contributed by atoms with Crippen molar-refractivity contribution in [3.8, 4) is 0 Å². The topological polar surface area (TPSA) is 37.4 Å². The zero-order valence-corrected chi connectivity index (χ0v) is 12.0. The molecule has 2 unspecified atom stereocenters. The van der Waals surface area contributed by atoms with E-state index in [2.05, 4.69) is 11.8 Å². The fourth-order valence-electron chi connectivity index (χ4n) is 2.75. The van der Waals surface area contributed by atoms with Crippen LogP contribution in [0.1, 0.15) is 33.1 Å². The van der Waals surface area contributed by atoms with Gasteiger partial charge in [-0.25, -0.2) is 8.42 Å². The van der Waals surface area contributed by atoms with Crippen molar-refractivity contribution in [3.63, 3.8) is 0 Å².